The van der Waals surface area contributed by atoms with E-state index in [2.05, 4.69) is 75.0 Å². The van der Waals surface area contributed by atoms with Crippen LogP contribution in [-0.4, -0.2) is 123 Å². The minimum Gasteiger partial charge on any atom is -0.497 e. The van der Waals surface area contributed by atoms with E-state index in [1.807, 2.05) is 59.4 Å². The average Bonchev–Trinajstić information content (AvgIpc) is 4.00. The van der Waals surface area contributed by atoms with Crippen LogP contribution in [0.3, 0.4) is 0 Å². The Morgan fingerprint density at radius 3 is 1.96 bits per heavy atom. The molecule has 1 N–H and O–H groups in total. The third kappa shape index (κ3) is 12.8. The lowest BCUT2D eigenvalue weighted by Gasteiger charge is -2.39. The Kier molecular flexibility index (Phi) is 19.1. The van der Waals surface area contributed by atoms with E-state index in [9.17, 15) is 19.5 Å². The summed E-state index contributed by atoms with van der Waals surface area (Å²) >= 11 is 0. The van der Waals surface area contributed by atoms with Gasteiger partial charge in [0.2, 0.25) is 0 Å². The maximum atomic E-state index is 12.7. The van der Waals surface area contributed by atoms with Crippen molar-refractivity contribution in [2.75, 3.05) is 105 Å². The first kappa shape index (κ1) is 56.0. The summed E-state index contributed by atoms with van der Waals surface area (Å²) in [6.07, 6.45) is 7.08. The molecule has 15 heteroatoms. The fraction of sp³-hybridized carbons (Fsp3) is 0.387. The third-order valence-corrected chi connectivity index (χ3v) is 14.1. The average molecular weight is 1050 g/mol. The predicted octanol–water partition coefficient (Wildman–Crippen LogP) is 10.0. The van der Waals surface area contributed by atoms with Crippen molar-refractivity contribution < 1.29 is 66.9 Å². The van der Waals surface area contributed by atoms with Gasteiger partial charge in [-0.15, -0.1) is 0 Å². The molecule has 2 atom stereocenters. The summed E-state index contributed by atoms with van der Waals surface area (Å²) in [7, 11) is 3.28. The molecule has 0 radical (unpaired) electrons. The number of benzene rings is 5. The molecule has 5 aromatic rings. The second kappa shape index (κ2) is 26.2. The van der Waals surface area contributed by atoms with Crippen LogP contribution in [0.4, 0.5) is 5.69 Å². The van der Waals surface area contributed by atoms with Crippen LogP contribution in [0.1, 0.15) is 67.9 Å². The third-order valence-electron chi connectivity index (χ3n) is 14.1. The van der Waals surface area contributed by atoms with Crippen molar-refractivity contribution >= 4 is 40.4 Å². The number of carbonyl (C=O) groups excluding carboxylic acids is 2. The van der Waals surface area contributed by atoms with Gasteiger partial charge in [0.25, 0.3) is 0 Å². The molecule has 2 heterocycles. The minimum atomic E-state index is -1.11. The first-order valence-electron chi connectivity index (χ1n) is 26.1. The number of carboxylic acids is 1. The van der Waals surface area contributed by atoms with Gasteiger partial charge < -0.3 is 57.4 Å². The van der Waals surface area contributed by atoms with Gasteiger partial charge in [-0.05, 0) is 77.7 Å². The standard InChI is InChI=1S/C62H69NO14/c1-42(2)60(67)76-36-34-74-32-30-72-28-26-70-25-27-71-29-31-73-33-35-75-47(41-64)37-43-13-12-24-63(53(43)40-56(65)66)54-38-50-51(39-55(54)69-6)59-49(58-57(50)48-16-10-11-17-52(48)61(58,3)4)22-23-62(77-59,44-14-8-7-9-15-44)45-18-20-46(68-5)21-19-45/h7-11,14-23,38-40,43H,1,12-13,24-37H2,2-6H3,(H,65,66). The lowest BCUT2D eigenvalue weighted by Crippen LogP contribution is -2.35. The monoisotopic (exact) mass is 1050 g/mol. The molecule has 406 valence electrons. The lowest BCUT2D eigenvalue weighted by molar-refractivity contribution is -0.140. The van der Waals surface area contributed by atoms with Gasteiger partial charge in [-0.2, -0.15) is 0 Å². The van der Waals surface area contributed by atoms with Gasteiger partial charge in [-0.3, -0.25) is 0 Å². The maximum absolute atomic E-state index is 12.7. The van der Waals surface area contributed by atoms with Gasteiger partial charge in [-0.1, -0.05) is 93.2 Å². The Balaban J connectivity index is 0.937. The number of rotatable bonds is 28. The van der Waals surface area contributed by atoms with Gasteiger partial charge in [0.1, 0.15) is 30.5 Å². The fourth-order valence-corrected chi connectivity index (χ4v) is 10.5. The summed E-state index contributed by atoms with van der Waals surface area (Å²) in [6.45, 7) is 13.9. The summed E-state index contributed by atoms with van der Waals surface area (Å²) in [5.74, 6) is 2.11. The summed E-state index contributed by atoms with van der Waals surface area (Å²) in [5, 5.41) is 12.2. The molecule has 15 nitrogen and oxygen atoms in total. The van der Waals surface area contributed by atoms with Crippen LogP contribution in [0.15, 0.2) is 127 Å². The molecule has 0 aromatic heterocycles. The van der Waals surface area contributed by atoms with Crippen LogP contribution in [-0.2, 0) is 58.6 Å². The first-order valence-corrected chi connectivity index (χ1v) is 26.1. The van der Waals surface area contributed by atoms with Crippen molar-refractivity contribution in [1.29, 1.82) is 0 Å². The molecule has 8 rings (SSSR count). The van der Waals surface area contributed by atoms with E-state index in [1.165, 1.54) is 11.6 Å². The number of piperidine rings is 1. The number of nitrogens with zero attached hydrogens (tertiary/aromatic N) is 1. The van der Waals surface area contributed by atoms with Gasteiger partial charge in [0.05, 0.1) is 86.0 Å². The van der Waals surface area contributed by atoms with Crippen LogP contribution >= 0.6 is 0 Å². The number of allylic oxidation sites excluding steroid dienone is 2. The Morgan fingerprint density at radius 2 is 1.36 bits per heavy atom. The van der Waals surface area contributed by atoms with Crippen LogP contribution < -0.4 is 19.1 Å². The van der Waals surface area contributed by atoms with Crippen molar-refractivity contribution in [3.05, 3.63) is 155 Å². The number of carboxylic acid groups (broad SMARTS) is 1. The largest absolute Gasteiger partial charge is 0.497 e. The smallest absolute Gasteiger partial charge is 0.333 e. The normalized spacial score (nSPS) is 17.4. The molecule has 0 saturated carbocycles. The van der Waals surface area contributed by atoms with Crippen LogP contribution in [0.25, 0.3) is 28.0 Å². The topological polar surface area (TPSA) is 167 Å². The highest BCUT2D eigenvalue weighted by Gasteiger charge is 2.45. The maximum Gasteiger partial charge on any atom is 0.333 e. The molecule has 0 amide bonds. The Bertz CT molecular complexity index is 2990. The number of esters is 1. The Labute approximate surface area is 450 Å². The predicted molar refractivity (Wildman–Crippen MR) is 293 cm³/mol. The SMILES string of the molecule is C=C(C)C(=O)OCCOCCOCCOCCOCCOCCOC(=C=O)CC1CCCN(c2cc3c4c(c5c(c3cc2OC)OC(c2ccccc2)(c2ccc(OC)cc2)C=C5)C(C)(C)c2ccccc2-4)C1=CC(=O)O. The highest BCUT2D eigenvalue weighted by Crippen LogP contribution is 2.59. The van der Waals surface area contributed by atoms with E-state index in [0.29, 0.717) is 101 Å². The van der Waals surface area contributed by atoms with Crippen molar-refractivity contribution in [3.8, 4) is 28.4 Å². The van der Waals surface area contributed by atoms with E-state index in [1.54, 1.807) is 21.1 Å². The fourth-order valence-electron chi connectivity index (χ4n) is 10.5. The van der Waals surface area contributed by atoms with E-state index in [0.717, 1.165) is 49.9 Å². The zero-order valence-electron chi connectivity index (χ0n) is 44.7. The lowest BCUT2D eigenvalue weighted by atomic mass is 9.76. The molecular weight excluding hydrogens is 983 g/mol. The molecule has 1 fully saturated rings. The van der Waals surface area contributed by atoms with E-state index >= 15 is 0 Å². The summed E-state index contributed by atoms with van der Waals surface area (Å²) in [4.78, 5) is 38.5. The van der Waals surface area contributed by atoms with Crippen molar-refractivity contribution in [3.63, 3.8) is 0 Å². The van der Waals surface area contributed by atoms with E-state index in [4.69, 9.17) is 47.4 Å². The minimum absolute atomic E-state index is 0.0842. The number of hydrogen-bond acceptors (Lipinski definition) is 14. The number of anilines is 1. The van der Waals surface area contributed by atoms with Crippen LogP contribution in [0.2, 0.25) is 0 Å². The van der Waals surface area contributed by atoms with Crippen molar-refractivity contribution in [1.82, 2.24) is 0 Å². The first-order chi connectivity index (χ1) is 37.4. The van der Waals surface area contributed by atoms with Crippen LogP contribution in [0.5, 0.6) is 17.2 Å². The van der Waals surface area contributed by atoms with E-state index in [-0.39, 0.29) is 44.5 Å². The van der Waals surface area contributed by atoms with Gasteiger partial charge in [-0.25, -0.2) is 14.4 Å². The molecule has 2 unspecified atom stereocenters. The molecule has 0 bridgehead atoms. The number of hydrogen-bond donors (Lipinski definition) is 1. The number of fused-ring (bicyclic) bond motifs is 8. The number of aliphatic carboxylic acids is 1. The van der Waals surface area contributed by atoms with E-state index < -0.39 is 23.0 Å². The van der Waals surface area contributed by atoms with Gasteiger partial charge >= 0.3 is 11.9 Å². The second-order valence-electron chi connectivity index (χ2n) is 19.5. The summed E-state index contributed by atoms with van der Waals surface area (Å²) in [6, 6.07) is 30.8. The Hall–Kier alpha value is -7.23. The zero-order chi connectivity index (χ0) is 54.4. The number of ether oxygens (including phenoxy) is 10. The molecule has 77 heavy (non-hydrogen) atoms. The number of carbonyl (C=O) groups is 2. The molecule has 2 aliphatic heterocycles. The molecular formula is C62H69NO14. The highest BCUT2D eigenvalue weighted by atomic mass is 16.6. The quantitative estimate of drug-likeness (QED) is 0.0165. The van der Waals surface area contributed by atoms with Gasteiger partial charge in [0.15, 0.2) is 17.3 Å². The molecule has 1 saturated heterocycles. The summed E-state index contributed by atoms with van der Waals surface area (Å²) in [5.41, 5.74) is 7.56. The molecule has 0 spiro atoms. The van der Waals surface area contributed by atoms with Gasteiger partial charge in [0, 0.05) is 63.7 Å². The van der Waals surface area contributed by atoms with Crippen molar-refractivity contribution in [2.45, 2.75) is 51.0 Å². The number of methoxy groups -OCH3 is 2. The Morgan fingerprint density at radius 1 is 0.766 bits per heavy atom. The molecule has 3 aliphatic rings. The zero-order valence-corrected chi connectivity index (χ0v) is 44.7. The molecule has 5 aromatic carbocycles. The summed E-state index contributed by atoms with van der Waals surface area (Å²) < 4.78 is 57.9. The molecule has 1 aliphatic carbocycles. The second-order valence-corrected chi connectivity index (χ2v) is 19.5. The highest BCUT2D eigenvalue weighted by molar-refractivity contribution is 6.10. The van der Waals surface area contributed by atoms with Crippen molar-refractivity contribution in [2.24, 2.45) is 5.92 Å². The van der Waals surface area contributed by atoms with Crippen LogP contribution in [0, 0.1) is 5.92 Å².